The van der Waals surface area contributed by atoms with Crippen LogP contribution in [0.1, 0.15) is 62.8 Å². The molecule has 0 bridgehead atoms. The summed E-state index contributed by atoms with van der Waals surface area (Å²) in [6.45, 7) is 5.54. The average Bonchev–Trinajstić information content (AvgIpc) is 2.68. The third-order valence-electron chi connectivity index (χ3n) is 5.29. The molecule has 2 atom stereocenters. The van der Waals surface area contributed by atoms with Crippen molar-refractivity contribution in [3.05, 3.63) is 68.8 Å². The Balaban J connectivity index is 1.75. The van der Waals surface area contributed by atoms with E-state index >= 15 is 0 Å². The first-order valence-corrected chi connectivity index (χ1v) is 11.6. The molecule has 2 aromatic rings. The van der Waals surface area contributed by atoms with E-state index in [0.29, 0.717) is 6.42 Å². The van der Waals surface area contributed by atoms with Gasteiger partial charge in [-0.3, -0.25) is 9.59 Å². The molecule has 0 fully saturated rings. The zero-order chi connectivity index (χ0) is 21.7. The Labute approximate surface area is 192 Å². The van der Waals surface area contributed by atoms with Crippen molar-refractivity contribution >= 4 is 34.5 Å². The number of halogens is 1. The zero-order valence-electron chi connectivity index (χ0n) is 17.9. The average molecular weight is 519 g/mol. The zero-order valence-corrected chi connectivity index (χ0v) is 20.1. The number of benzene rings is 2. The molecule has 0 aliphatic heterocycles. The maximum absolute atomic E-state index is 13.3. The molecule has 30 heavy (non-hydrogen) atoms. The van der Waals surface area contributed by atoms with Crippen molar-refractivity contribution in [3.63, 3.8) is 0 Å². The second-order valence-corrected chi connectivity index (χ2v) is 10.2. The topological polar surface area (TPSA) is 55.4 Å². The molecular formula is C25H30INO3. The lowest BCUT2D eigenvalue weighted by Crippen LogP contribution is -2.38. The lowest BCUT2D eigenvalue weighted by molar-refractivity contribution is -0.157. The third kappa shape index (κ3) is 6.56. The minimum atomic E-state index is -0.566. The van der Waals surface area contributed by atoms with E-state index in [1.54, 1.807) is 0 Å². The minimum Gasteiger partial charge on any atom is -0.460 e. The summed E-state index contributed by atoms with van der Waals surface area (Å²) in [5, 5.41) is 3.23. The fourth-order valence-corrected chi connectivity index (χ4v) is 4.30. The van der Waals surface area contributed by atoms with Gasteiger partial charge >= 0.3 is 5.97 Å². The van der Waals surface area contributed by atoms with Gasteiger partial charge in [-0.15, -0.1) is 0 Å². The van der Waals surface area contributed by atoms with Crippen molar-refractivity contribution in [3.8, 4) is 0 Å². The highest BCUT2D eigenvalue weighted by molar-refractivity contribution is 14.1. The van der Waals surface area contributed by atoms with E-state index in [2.05, 4.69) is 40.0 Å². The third-order valence-corrected chi connectivity index (χ3v) is 6.00. The van der Waals surface area contributed by atoms with Gasteiger partial charge in [0.25, 0.3) is 0 Å². The first kappa shape index (κ1) is 22.8. The first-order chi connectivity index (χ1) is 14.2. The molecule has 0 aromatic heterocycles. The quantitative estimate of drug-likeness (QED) is 0.412. The molecule has 1 N–H and O–H groups in total. The van der Waals surface area contributed by atoms with Crippen LogP contribution in [0.4, 0.5) is 0 Å². The molecule has 0 saturated carbocycles. The highest BCUT2D eigenvalue weighted by Crippen LogP contribution is 2.30. The number of nitrogens with one attached hydrogen (secondary N) is 1. The maximum Gasteiger partial charge on any atom is 0.307 e. The molecule has 0 radical (unpaired) electrons. The molecule has 0 saturated heterocycles. The van der Waals surface area contributed by atoms with Crippen LogP contribution in [0.3, 0.4) is 0 Å². The summed E-state index contributed by atoms with van der Waals surface area (Å²) >= 11 is 2.26. The number of hydrogen-bond acceptors (Lipinski definition) is 3. The lowest BCUT2D eigenvalue weighted by Gasteiger charge is -2.28. The minimum absolute atomic E-state index is 0.000285. The van der Waals surface area contributed by atoms with Crippen molar-refractivity contribution in [2.24, 2.45) is 5.92 Å². The highest BCUT2D eigenvalue weighted by Gasteiger charge is 2.29. The molecular weight excluding hydrogens is 489 g/mol. The second-order valence-electron chi connectivity index (χ2n) is 8.97. The summed E-state index contributed by atoms with van der Waals surface area (Å²) in [6, 6.07) is 16.4. The summed E-state index contributed by atoms with van der Waals surface area (Å²) in [4.78, 5) is 25.8. The van der Waals surface area contributed by atoms with E-state index in [4.69, 9.17) is 4.74 Å². The number of ether oxygens (including phenoxy) is 1. The summed E-state index contributed by atoms with van der Waals surface area (Å²) < 4.78 is 6.64. The highest BCUT2D eigenvalue weighted by atomic mass is 127. The number of carbonyl (C=O) groups is 2. The van der Waals surface area contributed by atoms with Crippen LogP contribution in [0, 0.1) is 9.49 Å². The summed E-state index contributed by atoms with van der Waals surface area (Å²) in [6.07, 6.45) is 3.60. The van der Waals surface area contributed by atoms with Crippen molar-refractivity contribution in [2.75, 3.05) is 0 Å². The van der Waals surface area contributed by atoms with Crippen molar-refractivity contribution < 1.29 is 14.3 Å². The number of carbonyl (C=O) groups excluding carboxylic acids is 2. The van der Waals surface area contributed by atoms with Gasteiger partial charge in [0.05, 0.1) is 18.4 Å². The molecule has 1 unspecified atom stereocenters. The van der Waals surface area contributed by atoms with Gasteiger partial charge in [0.1, 0.15) is 5.60 Å². The molecule has 1 amide bonds. The Bertz CT molecular complexity index is 886. The predicted octanol–water partition coefficient (Wildman–Crippen LogP) is 5.38. The van der Waals surface area contributed by atoms with E-state index in [0.717, 1.165) is 28.4 Å². The largest absolute Gasteiger partial charge is 0.460 e. The Morgan fingerprint density at radius 2 is 1.83 bits per heavy atom. The summed E-state index contributed by atoms with van der Waals surface area (Å²) in [5.74, 6) is -0.882. The van der Waals surface area contributed by atoms with E-state index in [-0.39, 0.29) is 24.3 Å². The van der Waals surface area contributed by atoms with Crippen LogP contribution in [-0.2, 0) is 27.2 Å². The van der Waals surface area contributed by atoms with Crippen LogP contribution in [0.2, 0.25) is 0 Å². The Morgan fingerprint density at radius 1 is 1.13 bits per heavy atom. The number of rotatable bonds is 6. The monoisotopic (exact) mass is 519 g/mol. The SMILES string of the molecule is CC(C)(C)OC(=O)CC(Cc1ccc(I)cc1)C(=O)N[C@@H]1CCCc2ccccc21. The van der Waals surface area contributed by atoms with Crippen molar-refractivity contribution in [1.29, 1.82) is 0 Å². The van der Waals surface area contributed by atoms with Gasteiger partial charge < -0.3 is 10.1 Å². The molecule has 1 aliphatic carbocycles. The van der Waals surface area contributed by atoms with Gasteiger partial charge in [-0.25, -0.2) is 0 Å². The van der Waals surface area contributed by atoms with Crippen LogP contribution in [0.15, 0.2) is 48.5 Å². The van der Waals surface area contributed by atoms with E-state index in [1.807, 2.05) is 57.2 Å². The van der Waals surface area contributed by atoms with E-state index in [9.17, 15) is 9.59 Å². The Hall–Kier alpha value is -1.89. The second kappa shape index (κ2) is 9.94. The Morgan fingerprint density at radius 3 is 2.53 bits per heavy atom. The fourth-order valence-electron chi connectivity index (χ4n) is 3.94. The van der Waals surface area contributed by atoms with Gasteiger partial charge in [0.2, 0.25) is 5.91 Å². The molecule has 5 heteroatoms. The van der Waals surface area contributed by atoms with Gasteiger partial charge in [-0.2, -0.15) is 0 Å². The molecule has 1 aliphatic rings. The van der Waals surface area contributed by atoms with Gasteiger partial charge in [-0.05, 0) is 97.9 Å². The molecule has 0 heterocycles. The standard InChI is InChI=1S/C25H30INO3/c1-25(2,3)30-23(28)16-19(15-17-11-13-20(26)14-12-17)24(29)27-22-10-6-8-18-7-4-5-9-21(18)22/h4-5,7,9,11-14,19,22H,6,8,10,15-16H2,1-3H3,(H,27,29)/t19?,22-/m1/s1. The van der Waals surface area contributed by atoms with Crippen LogP contribution in [-0.4, -0.2) is 17.5 Å². The maximum atomic E-state index is 13.3. The number of aryl methyl sites for hydroxylation is 1. The molecule has 4 nitrogen and oxygen atoms in total. The van der Waals surface area contributed by atoms with Gasteiger partial charge in [0, 0.05) is 3.57 Å². The number of fused-ring (bicyclic) bond motifs is 1. The summed E-state index contributed by atoms with van der Waals surface area (Å²) in [7, 11) is 0. The van der Waals surface area contributed by atoms with Crippen LogP contribution in [0.5, 0.6) is 0 Å². The Kier molecular flexibility index (Phi) is 7.55. The lowest BCUT2D eigenvalue weighted by atomic mass is 9.87. The van der Waals surface area contributed by atoms with Crippen molar-refractivity contribution in [2.45, 2.75) is 64.5 Å². The van der Waals surface area contributed by atoms with Crippen LogP contribution in [0.25, 0.3) is 0 Å². The molecule has 3 rings (SSSR count). The molecule has 2 aromatic carbocycles. The van der Waals surface area contributed by atoms with Crippen LogP contribution >= 0.6 is 22.6 Å². The van der Waals surface area contributed by atoms with Crippen LogP contribution < -0.4 is 5.32 Å². The van der Waals surface area contributed by atoms with Gasteiger partial charge in [-0.1, -0.05) is 36.4 Å². The summed E-state index contributed by atoms with van der Waals surface area (Å²) in [5.41, 5.74) is 2.98. The first-order valence-electron chi connectivity index (χ1n) is 10.6. The fraction of sp³-hybridized carbons (Fsp3) is 0.440. The molecule has 160 valence electrons. The van der Waals surface area contributed by atoms with E-state index in [1.165, 1.54) is 11.1 Å². The van der Waals surface area contributed by atoms with E-state index < -0.39 is 11.5 Å². The molecule has 0 spiro atoms. The van der Waals surface area contributed by atoms with Gasteiger partial charge in [0.15, 0.2) is 0 Å². The number of amides is 1. The number of esters is 1. The smallest absolute Gasteiger partial charge is 0.307 e. The normalized spacial score (nSPS) is 17.0. The number of hydrogen-bond donors (Lipinski definition) is 1. The predicted molar refractivity (Wildman–Crippen MR) is 127 cm³/mol. The van der Waals surface area contributed by atoms with Crippen molar-refractivity contribution in [1.82, 2.24) is 5.32 Å².